The molecule has 2 fully saturated rings. The highest BCUT2D eigenvalue weighted by Gasteiger charge is 2.52. The van der Waals surface area contributed by atoms with Crippen LogP contribution >= 0.6 is 11.6 Å². The van der Waals surface area contributed by atoms with E-state index in [4.69, 9.17) is 20.9 Å². The molecule has 1 aliphatic heterocycles. The lowest BCUT2D eigenvalue weighted by Crippen LogP contribution is -2.41. The van der Waals surface area contributed by atoms with Crippen molar-refractivity contribution in [1.82, 2.24) is 0 Å². The zero-order chi connectivity index (χ0) is 14.7. The van der Waals surface area contributed by atoms with E-state index >= 15 is 0 Å². The summed E-state index contributed by atoms with van der Waals surface area (Å²) in [5, 5.41) is 0.771. The first-order valence-corrected chi connectivity index (χ1v) is 7.75. The maximum Gasteiger partial charge on any atom is 0.496 e. The quantitative estimate of drug-likeness (QED) is 0.771. The van der Waals surface area contributed by atoms with Crippen molar-refractivity contribution in [2.75, 3.05) is 0 Å². The Morgan fingerprint density at radius 3 is 2.15 bits per heavy atom. The van der Waals surface area contributed by atoms with Gasteiger partial charge in [-0.15, -0.1) is 0 Å². The van der Waals surface area contributed by atoms with Crippen molar-refractivity contribution in [3.8, 4) is 0 Å². The Morgan fingerprint density at radius 2 is 1.65 bits per heavy atom. The third kappa shape index (κ3) is 2.30. The molecule has 1 saturated heterocycles. The van der Waals surface area contributed by atoms with Gasteiger partial charge in [0.1, 0.15) is 0 Å². The molecule has 2 aliphatic rings. The molecule has 0 radical (unpaired) electrons. The maximum absolute atomic E-state index is 6.50. The lowest BCUT2D eigenvalue weighted by atomic mass is 9.77. The second-order valence-corrected chi connectivity index (χ2v) is 7.48. The first-order valence-electron chi connectivity index (χ1n) is 7.37. The standard InChI is InChI=1S/C16H22BClO2/c1-10-8-12(11-6-7-11)9-13(14(10)18)17-19-15(2,3)16(4,5)20-17/h8-9,11H,6-7H2,1-5H3. The maximum atomic E-state index is 6.50. The predicted octanol–water partition coefficient (Wildman–Crippen LogP) is 3.83. The minimum atomic E-state index is -0.370. The fraction of sp³-hybridized carbons (Fsp3) is 0.625. The summed E-state index contributed by atoms with van der Waals surface area (Å²) in [6.07, 6.45) is 2.56. The summed E-state index contributed by atoms with van der Waals surface area (Å²) in [7, 11) is -0.370. The summed E-state index contributed by atoms with van der Waals surface area (Å²) in [4.78, 5) is 0. The first-order chi connectivity index (χ1) is 9.21. The Hall–Kier alpha value is -0.505. The molecule has 1 aromatic carbocycles. The highest BCUT2D eigenvalue weighted by Crippen LogP contribution is 2.42. The van der Waals surface area contributed by atoms with Gasteiger partial charge in [-0.05, 0) is 64.5 Å². The van der Waals surface area contributed by atoms with Gasteiger partial charge in [-0.3, -0.25) is 0 Å². The van der Waals surface area contributed by atoms with Crippen molar-refractivity contribution < 1.29 is 9.31 Å². The fourth-order valence-corrected chi connectivity index (χ4v) is 2.82. The van der Waals surface area contributed by atoms with E-state index in [0.29, 0.717) is 5.92 Å². The number of aryl methyl sites for hydroxylation is 1. The molecule has 0 amide bonds. The van der Waals surface area contributed by atoms with Crippen molar-refractivity contribution in [2.24, 2.45) is 0 Å². The number of hydrogen-bond acceptors (Lipinski definition) is 2. The molecule has 108 valence electrons. The molecule has 1 aromatic rings. The number of benzene rings is 1. The molecule has 0 bridgehead atoms. The summed E-state index contributed by atoms with van der Waals surface area (Å²) in [5.74, 6) is 0.701. The van der Waals surface area contributed by atoms with E-state index < -0.39 is 0 Å². The molecule has 0 aromatic heterocycles. The third-order valence-corrected chi connectivity index (χ3v) is 5.38. The van der Waals surface area contributed by atoms with Gasteiger partial charge in [0.25, 0.3) is 0 Å². The lowest BCUT2D eigenvalue weighted by molar-refractivity contribution is 0.00578. The van der Waals surface area contributed by atoms with Crippen molar-refractivity contribution >= 4 is 24.2 Å². The van der Waals surface area contributed by atoms with Gasteiger partial charge in [0.2, 0.25) is 0 Å². The van der Waals surface area contributed by atoms with Crippen LogP contribution in [0.15, 0.2) is 12.1 Å². The average molecular weight is 293 g/mol. The van der Waals surface area contributed by atoms with Gasteiger partial charge in [0.15, 0.2) is 0 Å². The van der Waals surface area contributed by atoms with Crippen LogP contribution in [0.3, 0.4) is 0 Å². The Labute approximate surface area is 126 Å². The normalized spacial score (nSPS) is 24.2. The van der Waals surface area contributed by atoms with E-state index in [1.165, 1.54) is 18.4 Å². The Bertz CT molecular complexity index is 534. The van der Waals surface area contributed by atoms with Crippen molar-refractivity contribution in [3.63, 3.8) is 0 Å². The molecular formula is C16H22BClO2. The van der Waals surface area contributed by atoms with Crippen LogP contribution in [0.5, 0.6) is 0 Å². The van der Waals surface area contributed by atoms with E-state index in [2.05, 4.69) is 46.8 Å². The van der Waals surface area contributed by atoms with Gasteiger partial charge < -0.3 is 9.31 Å². The largest absolute Gasteiger partial charge is 0.496 e. The zero-order valence-electron chi connectivity index (χ0n) is 12.9. The molecule has 1 heterocycles. The van der Waals surface area contributed by atoms with Crippen molar-refractivity contribution in [1.29, 1.82) is 0 Å². The number of rotatable bonds is 2. The third-order valence-electron chi connectivity index (χ3n) is 4.86. The highest BCUT2D eigenvalue weighted by molar-refractivity contribution is 6.65. The summed E-state index contributed by atoms with van der Waals surface area (Å²) in [5.41, 5.74) is 2.80. The van der Waals surface area contributed by atoms with Gasteiger partial charge in [0.05, 0.1) is 11.2 Å². The topological polar surface area (TPSA) is 18.5 Å². The Kier molecular flexibility index (Phi) is 3.24. The summed E-state index contributed by atoms with van der Waals surface area (Å²) in [6.45, 7) is 10.3. The molecule has 0 spiro atoms. The molecular weight excluding hydrogens is 270 g/mol. The van der Waals surface area contributed by atoms with Crippen LogP contribution in [-0.2, 0) is 9.31 Å². The SMILES string of the molecule is Cc1cc(C2CC2)cc(B2OC(C)(C)C(C)(C)O2)c1Cl. The van der Waals surface area contributed by atoms with Crippen molar-refractivity contribution in [3.05, 3.63) is 28.3 Å². The van der Waals surface area contributed by atoms with E-state index in [1.807, 2.05) is 0 Å². The van der Waals surface area contributed by atoms with Gasteiger partial charge in [-0.1, -0.05) is 23.7 Å². The van der Waals surface area contributed by atoms with Crippen LogP contribution in [0.25, 0.3) is 0 Å². The zero-order valence-corrected chi connectivity index (χ0v) is 13.7. The van der Waals surface area contributed by atoms with Gasteiger partial charge in [-0.2, -0.15) is 0 Å². The summed E-state index contributed by atoms with van der Waals surface area (Å²) in [6, 6.07) is 4.38. The van der Waals surface area contributed by atoms with Crippen LogP contribution in [-0.4, -0.2) is 18.3 Å². The van der Waals surface area contributed by atoms with E-state index in [1.54, 1.807) is 0 Å². The summed E-state index contributed by atoms with van der Waals surface area (Å²) >= 11 is 6.50. The van der Waals surface area contributed by atoms with Crippen LogP contribution in [0, 0.1) is 6.92 Å². The lowest BCUT2D eigenvalue weighted by Gasteiger charge is -2.32. The Morgan fingerprint density at radius 1 is 1.10 bits per heavy atom. The van der Waals surface area contributed by atoms with Gasteiger partial charge in [0, 0.05) is 10.5 Å². The van der Waals surface area contributed by atoms with Crippen LogP contribution in [0.1, 0.15) is 57.6 Å². The summed E-state index contributed by atoms with van der Waals surface area (Å²) < 4.78 is 12.3. The molecule has 2 nitrogen and oxygen atoms in total. The number of hydrogen-bond donors (Lipinski definition) is 0. The second kappa shape index (κ2) is 4.49. The second-order valence-electron chi connectivity index (χ2n) is 7.10. The number of halogens is 1. The molecule has 0 unspecified atom stereocenters. The predicted molar refractivity (Wildman–Crippen MR) is 83.9 cm³/mol. The molecule has 4 heteroatoms. The molecule has 0 atom stereocenters. The molecule has 0 N–H and O–H groups in total. The monoisotopic (exact) mass is 292 g/mol. The van der Waals surface area contributed by atoms with Crippen LogP contribution in [0.4, 0.5) is 0 Å². The van der Waals surface area contributed by atoms with Gasteiger partial charge in [-0.25, -0.2) is 0 Å². The van der Waals surface area contributed by atoms with Gasteiger partial charge >= 0.3 is 7.12 Å². The molecule has 1 saturated carbocycles. The minimum Gasteiger partial charge on any atom is -0.399 e. The molecule has 3 rings (SSSR count). The van der Waals surface area contributed by atoms with Crippen LogP contribution in [0.2, 0.25) is 5.02 Å². The fourth-order valence-electron chi connectivity index (χ4n) is 2.62. The molecule has 20 heavy (non-hydrogen) atoms. The van der Waals surface area contributed by atoms with Crippen LogP contribution < -0.4 is 5.46 Å². The van der Waals surface area contributed by atoms with E-state index in [9.17, 15) is 0 Å². The minimum absolute atomic E-state index is 0.329. The smallest absolute Gasteiger partial charge is 0.399 e. The average Bonchev–Trinajstić information content (AvgIpc) is 3.11. The van der Waals surface area contributed by atoms with Crippen molar-refractivity contribution in [2.45, 2.75) is 64.6 Å². The Balaban J connectivity index is 1.98. The molecule has 1 aliphatic carbocycles. The van der Waals surface area contributed by atoms with E-state index in [-0.39, 0.29) is 18.3 Å². The van der Waals surface area contributed by atoms with E-state index in [0.717, 1.165) is 16.0 Å². The highest BCUT2D eigenvalue weighted by atomic mass is 35.5. The first kappa shape index (κ1) is 14.4.